The van der Waals surface area contributed by atoms with E-state index in [4.69, 9.17) is 18.6 Å². The van der Waals surface area contributed by atoms with Gasteiger partial charge in [0, 0.05) is 22.0 Å². The molecule has 0 radical (unpaired) electrons. The second kappa shape index (κ2) is 4.57. The quantitative estimate of drug-likeness (QED) is 0.733. The van der Waals surface area contributed by atoms with Crippen molar-refractivity contribution >= 4 is 5.97 Å². The lowest BCUT2D eigenvalue weighted by atomic mass is 9.46. The number of esters is 1. The number of ether oxygens (including phenoxy) is 3. The molecule has 7 unspecified atom stereocenters. The minimum absolute atomic E-state index is 0.00896. The number of fused-ring (bicyclic) bond motifs is 1. The number of allylic oxidation sites excluding steroid dienone is 1. The monoisotopic (exact) mass is 342 g/mol. The highest BCUT2D eigenvalue weighted by Gasteiger charge is 2.74. The smallest absolute Gasteiger partial charge is 0.334 e. The predicted molar refractivity (Wildman–Crippen MR) is 86.2 cm³/mol. The molecule has 3 aliphatic heterocycles. The fourth-order valence-corrected chi connectivity index (χ4v) is 6.68. The lowest BCUT2D eigenvalue weighted by molar-refractivity contribution is -0.151. The average molecular weight is 342 g/mol. The molecule has 0 N–H and O–H groups in total. The number of cyclic esters (lactones) is 1. The number of carbonyl (C=O) groups is 1. The Kier molecular flexibility index (Phi) is 2.66. The molecule has 2 bridgehead atoms. The molecule has 5 aliphatic rings. The van der Waals surface area contributed by atoms with Crippen LogP contribution in [0.5, 0.6) is 0 Å². The highest BCUT2D eigenvalue weighted by atomic mass is 16.7. The average Bonchev–Trinajstić information content (AvgIpc) is 3.34. The summed E-state index contributed by atoms with van der Waals surface area (Å²) in [5.41, 5.74) is 1.78. The second-order valence-electron chi connectivity index (χ2n) is 8.48. The van der Waals surface area contributed by atoms with Crippen molar-refractivity contribution in [2.24, 2.45) is 22.7 Å². The SMILES string of the molecule is CC1C2CC34COC(=O)C3=CCCC4C13CC(c1ccoc1)OC3O2. The standard InChI is InChI=1S/C20H22O5/c1-11-14-7-19-10-23-17(21)13(19)3-2-4-16(19)20(11)8-15(25-18(20)24-14)12-5-6-22-9-12/h3,5-6,9,11,14-16,18H,2,4,7-8,10H2,1H3. The molecule has 5 heteroatoms. The molecular formula is C20H22O5. The molecule has 3 saturated heterocycles. The third kappa shape index (κ3) is 1.56. The van der Waals surface area contributed by atoms with Crippen LogP contribution in [-0.4, -0.2) is 25.0 Å². The Hall–Kier alpha value is -1.59. The Morgan fingerprint density at radius 1 is 1.24 bits per heavy atom. The largest absolute Gasteiger partial charge is 0.472 e. The molecule has 132 valence electrons. The molecule has 7 atom stereocenters. The van der Waals surface area contributed by atoms with Gasteiger partial charge in [0.25, 0.3) is 0 Å². The van der Waals surface area contributed by atoms with Gasteiger partial charge in [0.15, 0.2) is 6.29 Å². The molecule has 4 fully saturated rings. The number of hydrogen-bond donors (Lipinski definition) is 0. The lowest BCUT2D eigenvalue weighted by Gasteiger charge is -2.53. The summed E-state index contributed by atoms with van der Waals surface area (Å²) in [5.74, 6) is 0.694. The van der Waals surface area contributed by atoms with Crippen molar-refractivity contribution in [3.05, 3.63) is 35.8 Å². The third-order valence-electron chi connectivity index (χ3n) is 7.79. The van der Waals surface area contributed by atoms with Gasteiger partial charge in [-0.15, -0.1) is 0 Å². The molecule has 1 aromatic rings. The first-order chi connectivity index (χ1) is 12.1. The summed E-state index contributed by atoms with van der Waals surface area (Å²) in [6, 6.07) is 1.98. The van der Waals surface area contributed by atoms with Gasteiger partial charge in [-0.2, -0.15) is 0 Å². The van der Waals surface area contributed by atoms with Crippen LogP contribution >= 0.6 is 0 Å². The highest BCUT2D eigenvalue weighted by Crippen LogP contribution is 2.72. The van der Waals surface area contributed by atoms with Crippen LogP contribution in [0.1, 0.15) is 44.3 Å². The Bertz CT molecular complexity index is 767. The van der Waals surface area contributed by atoms with E-state index in [0.29, 0.717) is 18.4 Å². The normalized spacial score (nSPS) is 50.0. The fraction of sp³-hybridized carbons (Fsp3) is 0.650. The summed E-state index contributed by atoms with van der Waals surface area (Å²) in [6.45, 7) is 2.83. The first-order valence-electron chi connectivity index (χ1n) is 9.36. The Labute approximate surface area is 146 Å². The van der Waals surface area contributed by atoms with Gasteiger partial charge in [0.2, 0.25) is 0 Å². The molecule has 2 aliphatic carbocycles. The van der Waals surface area contributed by atoms with Gasteiger partial charge in [0.05, 0.1) is 24.7 Å². The fourth-order valence-electron chi connectivity index (χ4n) is 6.68. The zero-order valence-electron chi connectivity index (χ0n) is 14.3. The Morgan fingerprint density at radius 2 is 2.16 bits per heavy atom. The van der Waals surface area contributed by atoms with Gasteiger partial charge >= 0.3 is 5.97 Å². The van der Waals surface area contributed by atoms with E-state index in [1.807, 2.05) is 6.07 Å². The number of furan rings is 1. The van der Waals surface area contributed by atoms with Crippen LogP contribution in [0.15, 0.2) is 34.7 Å². The van der Waals surface area contributed by atoms with Gasteiger partial charge in [-0.3, -0.25) is 0 Å². The van der Waals surface area contributed by atoms with Gasteiger partial charge in [-0.05, 0) is 43.6 Å². The summed E-state index contributed by atoms with van der Waals surface area (Å²) in [4.78, 5) is 12.3. The number of carbonyl (C=O) groups excluding carboxylic acids is 1. The molecular weight excluding hydrogens is 320 g/mol. The molecule has 2 spiro atoms. The summed E-state index contributed by atoms with van der Waals surface area (Å²) < 4.78 is 23.6. The minimum Gasteiger partial charge on any atom is -0.472 e. The Morgan fingerprint density at radius 3 is 3.00 bits per heavy atom. The van der Waals surface area contributed by atoms with Gasteiger partial charge in [0.1, 0.15) is 6.61 Å². The minimum atomic E-state index is -0.188. The van der Waals surface area contributed by atoms with Crippen LogP contribution in [-0.2, 0) is 19.0 Å². The predicted octanol–water partition coefficient (Wildman–Crippen LogP) is 3.37. The maximum Gasteiger partial charge on any atom is 0.334 e. The van der Waals surface area contributed by atoms with E-state index < -0.39 is 0 Å². The molecule has 4 heterocycles. The van der Waals surface area contributed by atoms with Crippen molar-refractivity contribution in [2.75, 3.05) is 6.61 Å². The highest BCUT2D eigenvalue weighted by molar-refractivity contribution is 5.92. The van der Waals surface area contributed by atoms with E-state index in [1.165, 1.54) is 0 Å². The van der Waals surface area contributed by atoms with Crippen molar-refractivity contribution in [1.29, 1.82) is 0 Å². The Balaban J connectivity index is 1.47. The first-order valence-corrected chi connectivity index (χ1v) is 9.36. The van der Waals surface area contributed by atoms with Crippen LogP contribution in [0.4, 0.5) is 0 Å². The van der Waals surface area contributed by atoms with Crippen molar-refractivity contribution in [3.63, 3.8) is 0 Å². The van der Waals surface area contributed by atoms with E-state index >= 15 is 0 Å². The first kappa shape index (κ1) is 14.6. The van der Waals surface area contributed by atoms with Crippen molar-refractivity contribution in [1.82, 2.24) is 0 Å². The summed E-state index contributed by atoms with van der Waals surface area (Å²) >= 11 is 0. The van der Waals surface area contributed by atoms with E-state index in [-0.39, 0.29) is 35.3 Å². The number of rotatable bonds is 1. The number of hydrogen-bond acceptors (Lipinski definition) is 5. The summed E-state index contributed by atoms with van der Waals surface area (Å²) in [5, 5.41) is 0. The van der Waals surface area contributed by atoms with Crippen molar-refractivity contribution in [2.45, 2.75) is 51.1 Å². The van der Waals surface area contributed by atoms with Crippen LogP contribution in [0, 0.1) is 22.7 Å². The topological polar surface area (TPSA) is 57.9 Å². The van der Waals surface area contributed by atoms with E-state index in [1.54, 1.807) is 12.5 Å². The van der Waals surface area contributed by atoms with E-state index in [9.17, 15) is 4.79 Å². The van der Waals surface area contributed by atoms with Crippen molar-refractivity contribution in [3.8, 4) is 0 Å². The molecule has 5 nitrogen and oxygen atoms in total. The van der Waals surface area contributed by atoms with Crippen LogP contribution in [0.3, 0.4) is 0 Å². The molecule has 6 rings (SSSR count). The molecule has 1 saturated carbocycles. The van der Waals surface area contributed by atoms with Gasteiger partial charge in [-0.25, -0.2) is 4.79 Å². The maximum atomic E-state index is 12.3. The van der Waals surface area contributed by atoms with Crippen LogP contribution in [0.2, 0.25) is 0 Å². The summed E-state index contributed by atoms with van der Waals surface area (Å²) in [7, 11) is 0. The molecule has 0 amide bonds. The second-order valence-corrected chi connectivity index (χ2v) is 8.48. The zero-order valence-corrected chi connectivity index (χ0v) is 14.3. The van der Waals surface area contributed by atoms with E-state index in [0.717, 1.165) is 36.8 Å². The summed E-state index contributed by atoms with van der Waals surface area (Å²) in [6.07, 6.45) is 9.40. The van der Waals surface area contributed by atoms with Gasteiger partial charge in [-0.1, -0.05) is 13.0 Å². The lowest BCUT2D eigenvalue weighted by Crippen LogP contribution is -2.55. The maximum absolute atomic E-state index is 12.3. The van der Waals surface area contributed by atoms with Crippen LogP contribution < -0.4 is 0 Å². The zero-order chi connectivity index (χ0) is 16.8. The molecule has 1 aromatic heterocycles. The van der Waals surface area contributed by atoms with Gasteiger partial charge < -0.3 is 18.6 Å². The molecule has 0 aromatic carbocycles. The third-order valence-corrected chi connectivity index (χ3v) is 7.79. The van der Waals surface area contributed by atoms with Crippen LogP contribution in [0.25, 0.3) is 0 Å². The van der Waals surface area contributed by atoms with Crippen molar-refractivity contribution < 1.29 is 23.4 Å². The molecule has 25 heavy (non-hydrogen) atoms. The van der Waals surface area contributed by atoms with E-state index in [2.05, 4.69) is 13.0 Å².